The molecule has 0 aliphatic heterocycles. The fourth-order valence-corrected chi connectivity index (χ4v) is 3.55. The molecule has 0 saturated carbocycles. The Morgan fingerprint density at radius 3 is 2.51 bits per heavy atom. The van der Waals surface area contributed by atoms with Crippen LogP contribution in [-0.4, -0.2) is 39.9 Å². The Balaban J connectivity index is 1.56. The molecule has 1 amide bonds. The Hall–Kier alpha value is -4.11. The molecule has 0 bridgehead atoms. The van der Waals surface area contributed by atoms with Crippen LogP contribution in [0, 0.1) is 0 Å². The summed E-state index contributed by atoms with van der Waals surface area (Å²) in [5, 5.41) is 10.9. The normalized spacial score (nSPS) is 10.8. The number of hydrogen-bond donors (Lipinski definition) is 2. The van der Waals surface area contributed by atoms with Crippen LogP contribution < -0.4 is 20.1 Å². The molecule has 180 valence electrons. The van der Waals surface area contributed by atoms with Gasteiger partial charge in [0.1, 0.15) is 22.9 Å². The lowest BCUT2D eigenvalue weighted by Crippen LogP contribution is -2.13. The molecular weight excluding hydrogens is 468 g/mol. The van der Waals surface area contributed by atoms with E-state index in [9.17, 15) is 4.79 Å². The number of ether oxygens (including phenoxy) is 2. The summed E-state index contributed by atoms with van der Waals surface area (Å²) in [5.41, 5.74) is 2.72. The zero-order chi connectivity index (χ0) is 24.9. The van der Waals surface area contributed by atoms with E-state index in [-0.39, 0.29) is 11.9 Å². The zero-order valence-electron chi connectivity index (χ0n) is 19.7. The van der Waals surface area contributed by atoms with Gasteiger partial charge in [-0.2, -0.15) is 5.10 Å². The van der Waals surface area contributed by atoms with E-state index in [2.05, 4.69) is 25.7 Å². The second kappa shape index (κ2) is 10.4. The summed E-state index contributed by atoms with van der Waals surface area (Å²) in [6, 6.07) is 14.3. The lowest BCUT2D eigenvalue weighted by atomic mass is 10.1. The predicted molar refractivity (Wildman–Crippen MR) is 136 cm³/mol. The molecule has 0 radical (unpaired) electrons. The molecule has 0 aliphatic rings. The first-order chi connectivity index (χ1) is 16.9. The Morgan fingerprint density at radius 2 is 1.80 bits per heavy atom. The summed E-state index contributed by atoms with van der Waals surface area (Å²) in [5.74, 6) is 1.03. The van der Waals surface area contributed by atoms with Crippen LogP contribution in [0.25, 0.3) is 11.4 Å². The first-order valence-electron chi connectivity index (χ1n) is 10.9. The molecule has 4 aromatic rings. The zero-order valence-corrected chi connectivity index (χ0v) is 20.5. The van der Waals surface area contributed by atoms with Crippen LogP contribution in [0.5, 0.6) is 11.5 Å². The largest absolute Gasteiger partial charge is 0.495 e. The maximum Gasteiger partial charge on any atom is 0.255 e. The van der Waals surface area contributed by atoms with Crippen LogP contribution in [0.3, 0.4) is 0 Å². The van der Waals surface area contributed by atoms with Gasteiger partial charge in [-0.1, -0.05) is 23.7 Å². The molecule has 2 N–H and O–H groups in total. The van der Waals surface area contributed by atoms with Crippen LogP contribution in [0.15, 0.2) is 60.9 Å². The van der Waals surface area contributed by atoms with Gasteiger partial charge in [0.05, 0.1) is 36.8 Å². The second-order valence-electron chi connectivity index (χ2n) is 7.86. The van der Waals surface area contributed by atoms with E-state index in [1.54, 1.807) is 37.4 Å². The molecule has 4 rings (SSSR count). The van der Waals surface area contributed by atoms with Crippen molar-refractivity contribution in [2.75, 3.05) is 24.9 Å². The monoisotopic (exact) mass is 492 g/mol. The van der Waals surface area contributed by atoms with Gasteiger partial charge in [-0.15, -0.1) is 0 Å². The molecular formula is C25H25ClN6O3. The van der Waals surface area contributed by atoms with Crippen LogP contribution in [0.1, 0.15) is 30.2 Å². The third-order valence-corrected chi connectivity index (χ3v) is 5.47. The van der Waals surface area contributed by atoms with Crippen LogP contribution in [0.2, 0.25) is 5.02 Å². The summed E-state index contributed by atoms with van der Waals surface area (Å²) in [6.45, 7) is 4.08. The van der Waals surface area contributed by atoms with Gasteiger partial charge in [0.2, 0.25) is 5.95 Å². The highest BCUT2D eigenvalue weighted by molar-refractivity contribution is 6.32. The average Bonchev–Trinajstić information content (AvgIpc) is 3.36. The van der Waals surface area contributed by atoms with Gasteiger partial charge in [-0.25, -0.2) is 9.97 Å². The van der Waals surface area contributed by atoms with E-state index in [1.807, 2.05) is 42.9 Å². The quantitative estimate of drug-likeness (QED) is 0.330. The number of anilines is 3. The van der Waals surface area contributed by atoms with Gasteiger partial charge in [-0.05, 0) is 50.2 Å². The minimum atomic E-state index is -0.301. The Labute approximate surface area is 208 Å². The highest BCUT2D eigenvalue weighted by atomic mass is 35.5. The number of aromatic nitrogens is 4. The Bertz CT molecular complexity index is 1350. The average molecular weight is 493 g/mol. The molecule has 0 unspecified atom stereocenters. The molecule has 2 heterocycles. The number of methoxy groups -OCH3 is 2. The molecule has 10 heteroatoms. The van der Waals surface area contributed by atoms with Crippen LogP contribution in [0.4, 0.5) is 17.3 Å². The summed E-state index contributed by atoms with van der Waals surface area (Å²) < 4.78 is 12.6. The van der Waals surface area contributed by atoms with Crippen LogP contribution in [-0.2, 0) is 0 Å². The maximum absolute atomic E-state index is 12.8. The van der Waals surface area contributed by atoms with E-state index in [1.165, 1.54) is 13.3 Å². The van der Waals surface area contributed by atoms with Gasteiger partial charge in [0.15, 0.2) is 0 Å². The molecule has 9 nitrogen and oxygen atoms in total. The minimum absolute atomic E-state index is 0.213. The summed E-state index contributed by atoms with van der Waals surface area (Å²) >= 11 is 6.34. The van der Waals surface area contributed by atoms with Gasteiger partial charge >= 0.3 is 0 Å². The number of halogens is 1. The SMILES string of the molecule is COc1ccccc1NC(=O)c1ccc(Nc2ncc(Cl)c(-c3ccn(C(C)C)n3)n2)c(OC)c1. The number of hydrogen-bond acceptors (Lipinski definition) is 7. The number of nitrogens with zero attached hydrogens (tertiary/aromatic N) is 4. The van der Waals surface area contributed by atoms with Gasteiger partial charge in [0.25, 0.3) is 5.91 Å². The molecule has 0 atom stereocenters. The first kappa shape index (κ1) is 24.0. The molecule has 2 aromatic carbocycles. The van der Waals surface area contributed by atoms with Gasteiger partial charge in [-0.3, -0.25) is 9.48 Å². The van der Waals surface area contributed by atoms with Crippen molar-refractivity contribution < 1.29 is 14.3 Å². The molecule has 0 spiro atoms. The molecule has 35 heavy (non-hydrogen) atoms. The fraction of sp³-hybridized carbons (Fsp3) is 0.200. The number of benzene rings is 2. The predicted octanol–water partition coefficient (Wildman–Crippen LogP) is 5.59. The van der Waals surface area contributed by atoms with Crippen LogP contribution >= 0.6 is 11.6 Å². The van der Waals surface area contributed by atoms with Gasteiger partial charge in [0, 0.05) is 17.8 Å². The standard InChI is InChI=1S/C25H25ClN6O3/c1-15(2)32-12-11-20(31-32)23-17(26)14-27-25(30-23)29-19-10-9-16(13-22(19)35-4)24(33)28-18-7-5-6-8-21(18)34-3/h5-15H,1-4H3,(H,28,33)(H,27,29,30). The number of carbonyl (C=O) groups excluding carboxylic acids is 1. The fourth-order valence-electron chi connectivity index (χ4n) is 3.36. The smallest absolute Gasteiger partial charge is 0.255 e. The van der Waals surface area contributed by atoms with Gasteiger partial charge < -0.3 is 20.1 Å². The van der Waals surface area contributed by atoms with Crippen molar-refractivity contribution in [3.05, 3.63) is 71.5 Å². The maximum atomic E-state index is 12.8. The third kappa shape index (κ3) is 5.36. The van der Waals surface area contributed by atoms with Crippen molar-refractivity contribution in [2.24, 2.45) is 0 Å². The topological polar surface area (TPSA) is 103 Å². The summed E-state index contributed by atoms with van der Waals surface area (Å²) in [4.78, 5) is 21.6. The molecule has 0 saturated heterocycles. The summed E-state index contributed by atoms with van der Waals surface area (Å²) in [6.07, 6.45) is 3.39. The van der Waals surface area contributed by atoms with E-state index < -0.39 is 0 Å². The highest BCUT2D eigenvalue weighted by Gasteiger charge is 2.16. The molecule has 0 fully saturated rings. The minimum Gasteiger partial charge on any atom is -0.495 e. The molecule has 0 aliphatic carbocycles. The van der Waals surface area contributed by atoms with Crippen molar-refractivity contribution in [1.29, 1.82) is 0 Å². The van der Waals surface area contributed by atoms with E-state index >= 15 is 0 Å². The number of carbonyl (C=O) groups is 1. The van der Waals surface area contributed by atoms with Crippen molar-refractivity contribution in [1.82, 2.24) is 19.7 Å². The first-order valence-corrected chi connectivity index (χ1v) is 11.2. The Morgan fingerprint density at radius 1 is 1.03 bits per heavy atom. The number of amides is 1. The van der Waals surface area contributed by atoms with Crippen molar-refractivity contribution in [3.63, 3.8) is 0 Å². The molecule has 2 aromatic heterocycles. The van der Waals surface area contributed by atoms with Crippen molar-refractivity contribution in [3.8, 4) is 22.9 Å². The summed E-state index contributed by atoms with van der Waals surface area (Å²) in [7, 11) is 3.07. The lowest BCUT2D eigenvalue weighted by molar-refractivity contribution is 0.102. The lowest BCUT2D eigenvalue weighted by Gasteiger charge is -2.13. The highest BCUT2D eigenvalue weighted by Crippen LogP contribution is 2.31. The third-order valence-electron chi connectivity index (χ3n) is 5.19. The van der Waals surface area contributed by atoms with E-state index in [0.717, 1.165) is 0 Å². The number of nitrogens with one attached hydrogen (secondary N) is 2. The number of rotatable bonds is 8. The van der Waals surface area contributed by atoms with E-state index in [0.29, 0.717) is 50.8 Å². The van der Waals surface area contributed by atoms with E-state index in [4.69, 9.17) is 21.1 Å². The van der Waals surface area contributed by atoms with Crippen molar-refractivity contribution in [2.45, 2.75) is 19.9 Å². The number of para-hydroxylation sites is 2. The second-order valence-corrected chi connectivity index (χ2v) is 8.27. The van der Waals surface area contributed by atoms with Crippen molar-refractivity contribution >= 4 is 34.8 Å². The Kier molecular flexibility index (Phi) is 7.17.